The van der Waals surface area contributed by atoms with Crippen molar-refractivity contribution in [2.24, 2.45) is 0 Å². The van der Waals surface area contributed by atoms with Crippen LogP contribution < -0.4 is 16.3 Å². The number of nitrogens with zero attached hydrogens (tertiary/aromatic N) is 1. The number of phosphoric ester groups is 1. The minimum atomic E-state index is -4.48. The molecule has 13 nitrogen and oxygen atoms in total. The molecule has 2 rings (SSSR count). The number of hydrogen-bond donors (Lipinski definition) is 5. The minimum Gasteiger partial charge on any atom is -0.456 e. The molecule has 1 aliphatic heterocycles. The lowest BCUT2D eigenvalue weighted by atomic mass is 10.00. The Hall–Kier alpha value is -2.22. The van der Waals surface area contributed by atoms with Crippen LogP contribution in [0.25, 0.3) is 0 Å². The molecular weight excluding hydrogens is 622 g/mol. The van der Waals surface area contributed by atoms with Gasteiger partial charge in [-0.1, -0.05) is 90.9 Å². The number of H-pyrrole nitrogens is 1. The molecule has 5 N–H and O–H groups in total. The van der Waals surface area contributed by atoms with E-state index in [0.29, 0.717) is 6.54 Å². The van der Waals surface area contributed by atoms with E-state index >= 15 is 0 Å². The molecule has 3 atom stereocenters. The first kappa shape index (κ1) is 43.8. The first-order valence-corrected chi connectivity index (χ1v) is 18.0. The predicted octanol–water partition coefficient (Wildman–Crippen LogP) is 5.57. The molecule has 0 radical (unpaired) electrons. The summed E-state index contributed by atoms with van der Waals surface area (Å²) in [5.74, 6) is -0.802. The number of aromatic amines is 1. The van der Waals surface area contributed by atoms with E-state index in [-0.39, 0.29) is 25.3 Å². The van der Waals surface area contributed by atoms with Gasteiger partial charge < -0.3 is 29.9 Å². The monoisotopic (exact) mass is 680 g/mol. The summed E-state index contributed by atoms with van der Waals surface area (Å²) in [4.78, 5) is 55.8. The number of aromatic nitrogens is 2. The molecule has 1 aliphatic rings. The van der Waals surface area contributed by atoms with Crippen LogP contribution in [0.5, 0.6) is 0 Å². The van der Waals surface area contributed by atoms with E-state index in [1.165, 1.54) is 96.2 Å². The minimum absolute atomic E-state index is 0.0914. The predicted molar refractivity (Wildman–Crippen MR) is 176 cm³/mol. The van der Waals surface area contributed by atoms with E-state index in [2.05, 4.69) is 39.0 Å². The molecule has 0 spiro atoms. The third-order valence-corrected chi connectivity index (χ3v) is 7.63. The smallest absolute Gasteiger partial charge is 0.456 e. The Morgan fingerprint density at radius 3 is 2.07 bits per heavy atom. The maximum atomic E-state index is 13.5. The number of anilines is 1. The third kappa shape index (κ3) is 24.9. The van der Waals surface area contributed by atoms with Crippen LogP contribution in [0.1, 0.15) is 118 Å². The van der Waals surface area contributed by atoms with Crippen LogP contribution >= 0.6 is 7.82 Å². The van der Waals surface area contributed by atoms with Gasteiger partial charge in [0.05, 0.1) is 25.2 Å². The Morgan fingerprint density at radius 1 is 1.09 bits per heavy atom. The lowest BCUT2D eigenvalue weighted by molar-refractivity contribution is -0.147. The molecule has 268 valence electrons. The van der Waals surface area contributed by atoms with Crippen LogP contribution in [0.15, 0.2) is 17.1 Å². The van der Waals surface area contributed by atoms with Crippen LogP contribution in [0.3, 0.4) is 0 Å². The fourth-order valence-corrected chi connectivity index (χ4v) is 4.72. The Balaban J connectivity index is 0.000000669. The first-order valence-electron chi connectivity index (χ1n) is 16.4. The number of unbranched alkanes of at least 4 members (excludes halogenated alkanes) is 11. The molecule has 0 aromatic carbocycles. The normalized spacial score (nSPS) is 19.0. The summed E-state index contributed by atoms with van der Waals surface area (Å²) in [5, 5.41) is 5.15. The highest BCUT2D eigenvalue weighted by Gasteiger charge is 2.43. The number of carbonyl (C=O) groups is 2. The number of nitrogens with one attached hydrogen (secondary N) is 3. The van der Waals surface area contributed by atoms with E-state index in [0.717, 1.165) is 0 Å². The van der Waals surface area contributed by atoms with Gasteiger partial charge in [0.25, 0.3) is 5.91 Å². The molecule has 1 saturated heterocycles. The Labute approximate surface area is 273 Å². The zero-order valence-electron chi connectivity index (χ0n) is 28.4. The molecule has 0 saturated carbocycles. The number of esters is 1. The zero-order chi connectivity index (χ0) is 34.8. The lowest BCUT2D eigenvalue weighted by Gasteiger charge is -2.15. The molecule has 0 bridgehead atoms. The van der Waals surface area contributed by atoms with E-state index in [1.54, 1.807) is 14.0 Å². The number of carbonyl (C=O) groups excluding carboxylic acids is 2. The zero-order valence-corrected chi connectivity index (χ0v) is 29.2. The molecule has 15 heteroatoms. The molecule has 1 aromatic heterocycles. The summed E-state index contributed by atoms with van der Waals surface area (Å²) in [6, 6.07) is 1.42. The van der Waals surface area contributed by atoms with E-state index in [9.17, 15) is 23.3 Å². The number of phosphoric acid groups is 1. The molecule has 1 aromatic rings. The van der Waals surface area contributed by atoms with Crippen molar-refractivity contribution >= 4 is 25.5 Å². The molecule has 1 amide bonds. The number of halogens is 1. The molecule has 2 unspecified atom stereocenters. The highest BCUT2D eigenvalue weighted by Crippen LogP contribution is 2.39. The van der Waals surface area contributed by atoms with Crippen LogP contribution in [-0.2, 0) is 28.2 Å². The number of ether oxygens (including phenoxy) is 2. The summed E-state index contributed by atoms with van der Waals surface area (Å²) < 4.78 is 37.9. The van der Waals surface area contributed by atoms with Gasteiger partial charge in [-0.15, -0.1) is 0 Å². The summed E-state index contributed by atoms with van der Waals surface area (Å²) in [5.41, 5.74) is -2.03. The second-order valence-corrected chi connectivity index (χ2v) is 12.8. The van der Waals surface area contributed by atoms with Crippen molar-refractivity contribution in [1.29, 1.82) is 0 Å². The molecule has 2 heterocycles. The summed E-state index contributed by atoms with van der Waals surface area (Å²) >= 11 is 0. The van der Waals surface area contributed by atoms with Crippen molar-refractivity contribution < 1.29 is 42.3 Å². The van der Waals surface area contributed by atoms with Crippen molar-refractivity contribution in [2.45, 2.75) is 135 Å². The second-order valence-electron chi connectivity index (χ2n) is 11.6. The third-order valence-electron chi connectivity index (χ3n) is 7.15. The maximum Gasteiger partial charge on any atom is 0.469 e. The highest BCUT2D eigenvalue weighted by molar-refractivity contribution is 7.46. The molecule has 0 aliphatic carbocycles. The SMILES string of the molecule is CC1OC(COP(=O)(O)O)C[C@@]1(C)F.CCCCCCCCCCCCCC.CNCCC(=O)OCC(=O)Nc1ccnc(=O)[nH]1. The van der Waals surface area contributed by atoms with Crippen LogP contribution in [-0.4, -0.2) is 76.3 Å². The average molecular weight is 681 g/mol. The molecular formula is C31H58FN4O9P. The van der Waals surface area contributed by atoms with Crippen molar-refractivity contribution in [1.82, 2.24) is 15.3 Å². The first-order chi connectivity index (χ1) is 21.7. The standard InChI is InChI=1S/C14H30.C10H14N4O4.C7H14FO5P/c1-3-5-7-9-11-13-14-12-10-8-6-4-2;1-11-4-3-9(16)18-6-8(15)13-7-2-5-12-10(17)14-7;1-5-7(2,8)3-6(13-5)4-12-14(9,10)11/h3-14H2,1-2H3;2,5,11H,3-4,6H2,1H3,(H2,12,13,14,15,17);5-6H,3-4H2,1-2H3,(H2,9,10,11)/t;;5?,6?,7-/m..1/s1. The fourth-order valence-electron chi connectivity index (χ4n) is 4.36. The Morgan fingerprint density at radius 2 is 1.63 bits per heavy atom. The van der Waals surface area contributed by atoms with Crippen molar-refractivity contribution in [2.75, 3.05) is 32.1 Å². The number of rotatable bonds is 20. The van der Waals surface area contributed by atoms with Crippen molar-refractivity contribution in [3.8, 4) is 0 Å². The van der Waals surface area contributed by atoms with Crippen LogP contribution in [0, 0.1) is 0 Å². The van der Waals surface area contributed by atoms with Gasteiger partial charge in [-0.3, -0.25) is 19.1 Å². The highest BCUT2D eigenvalue weighted by atomic mass is 31.2. The topological polar surface area (TPSA) is 189 Å². The van der Waals surface area contributed by atoms with Crippen LogP contribution in [0.2, 0.25) is 0 Å². The summed E-state index contributed by atoms with van der Waals surface area (Å²) in [7, 11) is -2.77. The van der Waals surface area contributed by atoms with Gasteiger partial charge in [-0.25, -0.2) is 18.7 Å². The molecule has 46 heavy (non-hydrogen) atoms. The summed E-state index contributed by atoms with van der Waals surface area (Å²) in [6.07, 6.45) is 17.8. The summed E-state index contributed by atoms with van der Waals surface area (Å²) in [6.45, 7) is 7.35. The molecule has 1 fully saturated rings. The van der Waals surface area contributed by atoms with Crippen LogP contribution in [0.4, 0.5) is 10.2 Å². The Bertz CT molecular complexity index is 1040. The van der Waals surface area contributed by atoms with E-state index in [1.807, 2.05) is 0 Å². The lowest BCUT2D eigenvalue weighted by Crippen LogP contribution is -2.26. The second kappa shape index (κ2) is 25.8. The average Bonchev–Trinajstić information content (AvgIpc) is 3.26. The van der Waals surface area contributed by atoms with Gasteiger partial charge in [-0.2, -0.15) is 0 Å². The Kier molecular flexibility index (Phi) is 24.6. The number of hydrogen-bond acceptors (Lipinski definition) is 9. The van der Waals surface area contributed by atoms with Gasteiger partial charge >= 0.3 is 19.5 Å². The van der Waals surface area contributed by atoms with E-state index < -0.39 is 49.9 Å². The van der Waals surface area contributed by atoms with Gasteiger partial charge in [0, 0.05) is 19.2 Å². The largest absolute Gasteiger partial charge is 0.469 e. The van der Waals surface area contributed by atoms with Gasteiger partial charge in [0.15, 0.2) is 6.61 Å². The number of alkyl halides is 1. The number of amides is 1. The van der Waals surface area contributed by atoms with Crippen molar-refractivity contribution in [3.63, 3.8) is 0 Å². The van der Waals surface area contributed by atoms with E-state index in [4.69, 9.17) is 19.3 Å². The fraction of sp³-hybridized carbons (Fsp3) is 0.806. The van der Waals surface area contributed by atoms with Gasteiger partial charge in [0.1, 0.15) is 11.5 Å². The van der Waals surface area contributed by atoms with Gasteiger partial charge in [0.2, 0.25) is 0 Å². The maximum absolute atomic E-state index is 13.5. The van der Waals surface area contributed by atoms with Crippen molar-refractivity contribution in [3.05, 3.63) is 22.7 Å². The quantitative estimate of drug-likeness (QED) is 0.0658. The van der Waals surface area contributed by atoms with Gasteiger partial charge in [-0.05, 0) is 27.0 Å².